The summed E-state index contributed by atoms with van der Waals surface area (Å²) in [7, 11) is 0. The second-order valence-electron chi connectivity index (χ2n) is 8.19. The van der Waals surface area contributed by atoms with E-state index in [4.69, 9.17) is 14.2 Å². The van der Waals surface area contributed by atoms with Crippen LogP contribution in [0.1, 0.15) is 43.5 Å². The van der Waals surface area contributed by atoms with Crippen molar-refractivity contribution >= 4 is 11.7 Å². The Morgan fingerprint density at radius 3 is 2.74 bits per heavy atom. The monoisotopic (exact) mass is 477 g/mol. The van der Waals surface area contributed by atoms with Crippen LogP contribution in [0.2, 0.25) is 0 Å². The van der Waals surface area contributed by atoms with Crippen molar-refractivity contribution in [3.63, 3.8) is 0 Å². The molecule has 2 aromatic rings. The van der Waals surface area contributed by atoms with Gasteiger partial charge in [-0.05, 0) is 6.92 Å². The molecule has 0 radical (unpaired) electrons. The summed E-state index contributed by atoms with van der Waals surface area (Å²) < 4.78 is 18.3. The number of esters is 1. The Morgan fingerprint density at radius 2 is 2.06 bits per heavy atom. The molecule has 1 saturated heterocycles. The summed E-state index contributed by atoms with van der Waals surface area (Å²) in [6.45, 7) is 4.03. The lowest BCUT2D eigenvalue weighted by Gasteiger charge is -2.18. The fourth-order valence-corrected chi connectivity index (χ4v) is 3.79. The summed E-state index contributed by atoms with van der Waals surface area (Å²) in [4.78, 5) is 47.4. The predicted molar refractivity (Wildman–Crippen MR) is 118 cm³/mol. The third kappa shape index (κ3) is 5.58. The third-order valence-corrected chi connectivity index (χ3v) is 5.58. The Labute approximate surface area is 194 Å². The molecule has 1 aliphatic heterocycles. The fraction of sp³-hybridized carbons (Fsp3) is 0.500. The van der Waals surface area contributed by atoms with Gasteiger partial charge in [0, 0.05) is 42.7 Å². The number of ether oxygens (including phenoxy) is 3. The highest BCUT2D eigenvalue weighted by molar-refractivity contribution is 5.65. The Bertz CT molecular complexity index is 1170. The largest absolute Gasteiger partial charge is 0.463 e. The van der Waals surface area contributed by atoms with Crippen LogP contribution in [0, 0.1) is 17.0 Å². The standard InChI is InChI=1S/C22H27N3O9/c1-13-9-23(20-8-18(27)19(34-20)11-33-15(3)26)22(29)24(21(13)28)12-32-10-14(2)16-6-4-5-7-17(16)25(30)31/h4-7,9,14,18-20,27H,8,10-12H2,1-3H3/t14?,18-,19+,20+/m0/s1. The van der Waals surface area contributed by atoms with Gasteiger partial charge in [0.15, 0.2) is 0 Å². The Morgan fingerprint density at radius 1 is 1.35 bits per heavy atom. The Hall–Kier alpha value is -3.35. The van der Waals surface area contributed by atoms with Crippen molar-refractivity contribution in [2.75, 3.05) is 13.2 Å². The number of aliphatic hydroxyl groups excluding tert-OH is 1. The highest BCUT2D eigenvalue weighted by Gasteiger charge is 2.36. The molecule has 1 aromatic heterocycles. The maximum atomic E-state index is 13.0. The van der Waals surface area contributed by atoms with Gasteiger partial charge < -0.3 is 19.3 Å². The van der Waals surface area contributed by atoms with Gasteiger partial charge >= 0.3 is 11.7 Å². The van der Waals surface area contributed by atoms with Crippen LogP contribution in [-0.2, 0) is 25.7 Å². The van der Waals surface area contributed by atoms with Gasteiger partial charge in [-0.2, -0.15) is 0 Å². The molecule has 34 heavy (non-hydrogen) atoms. The van der Waals surface area contributed by atoms with E-state index in [9.17, 15) is 29.6 Å². The van der Waals surface area contributed by atoms with Crippen LogP contribution in [0.25, 0.3) is 0 Å². The summed E-state index contributed by atoms with van der Waals surface area (Å²) in [6.07, 6.45) is -1.21. The minimum atomic E-state index is -0.962. The maximum absolute atomic E-state index is 13.0. The van der Waals surface area contributed by atoms with Crippen LogP contribution in [-0.4, -0.2) is 50.6 Å². The van der Waals surface area contributed by atoms with Crippen molar-refractivity contribution < 1.29 is 29.0 Å². The summed E-state index contributed by atoms with van der Waals surface area (Å²) >= 11 is 0. The topological polar surface area (TPSA) is 152 Å². The molecule has 1 unspecified atom stereocenters. The van der Waals surface area contributed by atoms with Gasteiger partial charge in [-0.25, -0.2) is 9.36 Å². The van der Waals surface area contributed by atoms with Crippen LogP contribution in [0.4, 0.5) is 5.69 Å². The Kier molecular flexibility index (Phi) is 7.97. The van der Waals surface area contributed by atoms with Gasteiger partial charge in [-0.1, -0.05) is 25.1 Å². The lowest BCUT2D eigenvalue weighted by Crippen LogP contribution is -2.42. The van der Waals surface area contributed by atoms with E-state index in [1.807, 2.05) is 0 Å². The molecule has 12 nitrogen and oxygen atoms in total. The molecule has 0 aliphatic carbocycles. The first kappa shape index (κ1) is 25.3. The number of aliphatic hydroxyl groups is 1. The normalized spacial score (nSPS) is 20.8. The summed E-state index contributed by atoms with van der Waals surface area (Å²) in [6, 6.07) is 6.29. The SMILES string of the molecule is CC(=O)OC[C@H]1O[C@@H](n2cc(C)c(=O)n(COCC(C)c3ccccc3[N+](=O)[O-])c2=O)C[C@@H]1O. The van der Waals surface area contributed by atoms with E-state index in [1.54, 1.807) is 25.1 Å². The van der Waals surface area contributed by atoms with E-state index in [1.165, 1.54) is 30.7 Å². The molecule has 1 N–H and O–H groups in total. The van der Waals surface area contributed by atoms with Crippen molar-refractivity contribution in [1.29, 1.82) is 0 Å². The van der Waals surface area contributed by atoms with Gasteiger partial charge in [-0.3, -0.25) is 24.3 Å². The van der Waals surface area contributed by atoms with E-state index in [0.29, 0.717) is 5.56 Å². The molecule has 0 saturated carbocycles. The van der Waals surface area contributed by atoms with E-state index in [2.05, 4.69) is 0 Å². The predicted octanol–water partition coefficient (Wildman–Crippen LogP) is 1.22. The van der Waals surface area contributed by atoms with Crippen LogP contribution in [0.15, 0.2) is 40.1 Å². The van der Waals surface area contributed by atoms with Gasteiger partial charge in [0.25, 0.3) is 11.2 Å². The molecule has 4 atom stereocenters. The zero-order chi connectivity index (χ0) is 25.0. The lowest BCUT2D eigenvalue weighted by atomic mass is 10.0. The van der Waals surface area contributed by atoms with Gasteiger partial charge in [0.1, 0.15) is 25.7 Å². The number of carbonyl (C=O) groups is 1. The van der Waals surface area contributed by atoms with Crippen molar-refractivity contribution in [1.82, 2.24) is 9.13 Å². The summed E-state index contributed by atoms with van der Waals surface area (Å²) in [5.74, 6) is -0.882. The molecule has 0 amide bonds. The molecule has 1 fully saturated rings. The van der Waals surface area contributed by atoms with Crippen molar-refractivity contribution in [3.05, 3.63) is 72.5 Å². The molecule has 0 spiro atoms. The molecule has 2 heterocycles. The molecular weight excluding hydrogens is 450 g/mol. The first-order valence-corrected chi connectivity index (χ1v) is 10.7. The first-order valence-electron chi connectivity index (χ1n) is 10.7. The number of aryl methyl sites for hydroxylation is 1. The quantitative estimate of drug-likeness (QED) is 0.319. The van der Waals surface area contributed by atoms with E-state index < -0.39 is 40.6 Å². The average Bonchev–Trinajstić information content (AvgIpc) is 3.17. The number of carbonyl (C=O) groups excluding carboxylic acids is 1. The zero-order valence-electron chi connectivity index (χ0n) is 19.1. The molecule has 1 aliphatic rings. The molecule has 3 rings (SSSR count). The maximum Gasteiger partial charge on any atom is 0.335 e. The van der Waals surface area contributed by atoms with Crippen LogP contribution >= 0.6 is 0 Å². The molecule has 12 heteroatoms. The number of rotatable bonds is 9. The zero-order valence-corrected chi connectivity index (χ0v) is 19.1. The number of nitro groups is 1. The van der Waals surface area contributed by atoms with Crippen LogP contribution in [0.3, 0.4) is 0 Å². The van der Waals surface area contributed by atoms with Gasteiger partial charge in [0.2, 0.25) is 0 Å². The third-order valence-electron chi connectivity index (χ3n) is 5.58. The molecule has 0 bridgehead atoms. The van der Waals surface area contributed by atoms with E-state index >= 15 is 0 Å². The number of hydrogen-bond acceptors (Lipinski definition) is 9. The van der Waals surface area contributed by atoms with E-state index in [0.717, 1.165) is 4.57 Å². The van der Waals surface area contributed by atoms with Crippen molar-refractivity contribution in [3.8, 4) is 0 Å². The van der Waals surface area contributed by atoms with Crippen LogP contribution < -0.4 is 11.2 Å². The average molecular weight is 477 g/mol. The second kappa shape index (κ2) is 10.7. The summed E-state index contributed by atoms with van der Waals surface area (Å²) in [5.41, 5.74) is -0.534. The van der Waals surface area contributed by atoms with Gasteiger partial charge in [-0.15, -0.1) is 0 Å². The first-order chi connectivity index (χ1) is 16.1. The highest BCUT2D eigenvalue weighted by Crippen LogP contribution is 2.28. The lowest BCUT2D eigenvalue weighted by molar-refractivity contribution is -0.385. The number of hydrogen-bond donors (Lipinski definition) is 1. The molecule has 1 aromatic carbocycles. The number of nitro benzene ring substituents is 1. The number of para-hydroxylation sites is 1. The fourth-order valence-electron chi connectivity index (χ4n) is 3.79. The highest BCUT2D eigenvalue weighted by atomic mass is 16.6. The minimum Gasteiger partial charge on any atom is -0.463 e. The van der Waals surface area contributed by atoms with Gasteiger partial charge in [0.05, 0.1) is 17.6 Å². The van der Waals surface area contributed by atoms with E-state index in [-0.39, 0.29) is 43.5 Å². The molecule has 184 valence electrons. The minimum absolute atomic E-state index is 0.0334. The number of nitrogens with zero attached hydrogens (tertiary/aromatic N) is 3. The molecular formula is C22H27N3O9. The van der Waals surface area contributed by atoms with Crippen molar-refractivity contribution in [2.24, 2.45) is 0 Å². The smallest absolute Gasteiger partial charge is 0.335 e. The van der Waals surface area contributed by atoms with Crippen molar-refractivity contribution in [2.45, 2.75) is 58.3 Å². The number of benzene rings is 1. The Balaban J connectivity index is 1.74. The van der Waals surface area contributed by atoms with Crippen LogP contribution in [0.5, 0.6) is 0 Å². The summed E-state index contributed by atoms with van der Waals surface area (Å²) in [5, 5.41) is 21.5. The number of aromatic nitrogens is 2. The second-order valence-corrected chi connectivity index (χ2v) is 8.19.